The molecule has 0 spiro atoms. The summed E-state index contributed by atoms with van der Waals surface area (Å²) >= 11 is 0. The van der Waals surface area contributed by atoms with Crippen LogP contribution in [0.3, 0.4) is 0 Å². The third-order valence-electron chi connectivity index (χ3n) is 3.71. The number of amides is 1. The summed E-state index contributed by atoms with van der Waals surface area (Å²) in [6.45, 7) is 1.62. The zero-order valence-electron chi connectivity index (χ0n) is 11.8. The van der Waals surface area contributed by atoms with Gasteiger partial charge in [0.2, 0.25) is 5.91 Å². The van der Waals surface area contributed by atoms with Gasteiger partial charge in [-0.25, -0.2) is 0 Å². The number of nitro benzene ring substituents is 1. The Hall–Kier alpha value is -2.11. The highest BCUT2D eigenvalue weighted by Crippen LogP contribution is 2.25. The predicted octanol–water partition coefficient (Wildman–Crippen LogP) is 1.90. The SMILES string of the molecule is CN(C)C(=O)C1CCN(c2ccc([N+](=O)[O-])cc2)CC1. The largest absolute Gasteiger partial charge is 0.371 e. The fourth-order valence-electron chi connectivity index (χ4n) is 2.53. The Kier molecular flexibility index (Phi) is 4.22. The molecule has 6 heteroatoms. The quantitative estimate of drug-likeness (QED) is 0.625. The van der Waals surface area contributed by atoms with Crippen LogP contribution in [0.5, 0.6) is 0 Å². The Labute approximate surface area is 118 Å². The fourth-order valence-corrected chi connectivity index (χ4v) is 2.53. The van der Waals surface area contributed by atoms with Crippen LogP contribution in [-0.2, 0) is 4.79 Å². The minimum Gasteiger partial charge on any atom is -0.371 e. The first-order valence-electron chi connectivity index (χ1n) is 6.69. The smallest absolute Gasteiger partial charge is 0.269 e. The van der Waals surface area contributed by atoms with Gasteiger partial charge in [-0.15, -0.1) is 0 Å². The summed E-state index contributed by atoms with van der Waals surface area (Å²) in [5.41, 5.74) is 1.08. The number of carbonyl (C=O) groups is 1. The molecular formula is C14H19N3O3. The molecule has 0 unspecified atom stereocenters. The normalized spacial score (nSPS) is 16.0. The van der Waals surface area contributed by atoms with Gasteiger partial charge in [0.25, 0.3) is 5.69 Å². The summed E-state index contributed by atoms with van der Waals surface area (Å²) in [4.78, 5) is 25.9. The van der Waals surface area contributed by atoms with E-state index < -0.39 is 4.92 Å². The van der Waals surface area contributed by atoms with E-state index in [9.17, 15) is 14.9 Å². The van der Waals surface area contributed by atoms with E-state index in [0.29, 0.717) is 0 Å². The second kappa shape index (κ2) is 5.90. The van der Waals surface area contributed by atoms with Crippen LogP contribution >= 0.6 is 0 Å². The third-order valence-corrected chi connectivity index (χ3v) is 3.71. The van der Waals surface area contributed by atoms with E-state index in [2.05, 4.69) is 4.90 Å². The molecule has 0 N–H and O–H groups in total. The van der Waals surface area contributed by atoms with Gasteiger partial charge in [-0.2, -0.15) is 0 Å². The number of carbonyl (C=O) groups excluding carboxylic acids is 1. The molecule has 1 fully saturated rings. The summed E-state index contributed by atoms with van der Waals surface area (Å²) in [6.07, 6.45) is 1.65. The van der Waals surface area contributed by atoms with Crippen molar-refractivity contribution in [2.75, 3.05) is 32.1 Å². The van der Waals surface area contributed by atoms with Crippen molar-refractivity contribution in [3.05, 3.63) is 34.4 Å². The number of rotatable bonds is 3. The van der Waals surface area contributed by atoms with Crippen molar-refractivity contribution in [2.24, 2.45) is 5.92 Å². The van der Waals surface area contributed by atoms with Crippen molar-refractivity contribution >= 4 is 17.3 Å². The van der Waals surface area contributed by atoms with Crippen molar-refractivity contribution in [3.63, 3.8) is 0 Å². The molecule has 0 bridgehead atoms. The minimum absolute atomic E-state index is 0.0966. The van der Waals surface area contributed by atoms with Gasteiger partial charge in [-0.05, 0) is 25.0 Å². The Balaban J connectivity index is 1.97. The van der Waals surface area contributed by atoms with Gasteiger partial charge in [0, 0.05) is 50.9 Å². The maximum absolute atomic E-state index is 11.9. The third kappa shape index (κ3) is 3.07. The first-order valence-corrected chi connectivity index (χ1v) is 6.69. The average molecular weight is 277 g/mol. The summed E-state index contributed by atoms with van der Waals surface area (Å²) in [7, 11) is 3.57. The van der Waals surface area contributed by atoms with Crippen LogP contribution in [0.15, 0.2) is 24.3 Å². The summed E-state index contributed by atoms with van der Waals surface area (Å²) < 4.78 is 0. The monoisotopic (exact) mass is 277 g/mol. The predicted molar refractivity (Wildman–Crippen MR) is 76.7 cm³/mol. The minimum atomic E-state index is -0.397. The summed E-state index contributed by atoms with van der Waals surface area (Å²) in [5, 5.41) is 10.6. The number of piperidine rings is 1. The number of hydrogen-bond acceptors (Lipinski definition) is 4. The molecule has 20 heavy (non-hydrogen) atoms. The first kappa shape index (κ1) is 14.3. The van der Waals surface area contributed by atoms with Crippen molar-refractivity contribution in [1.82, 2.24) is 4.90 Å². The van der Waals surface area contributed by atoms with Crippen molar-refractivity contribution in [1.29, 1.82) is 0 Å². The van der Waals surface area contributed by atoms with Gasteiger partial charge in [-0.1, -0.05) is 0 Å². The van der Waals surface area contributed by atoms with Crippen molar-refractivity contribution in [2.45, 2.75) is 12.8 Å². The molecule has 0 aliphatic carbocycles. The van der Waals surface area contributed by atoms with E-state index in [1.165, 1.54) is 12.1 Å². The van der Waals surface area contributed by atoms with Gasteiger partial charge in [0.1, 0.15) is 0 Å². The van der Waals surface area contributed by atoms with E-state index in [-0.39, 0.29) is 17.5 Å². The second-order valence-electron chi connectivity index (χ2n) is 5.27. The lowest BCUT2D eigenvalue weighted by Gasteiger charge is -2.33. The maximum atomic E-state index is 11.9. The molecule has 1 aromatic rings. The zero-order chi connectivity index (χ0) is 14.7. The molecule has 1 saturated heterocycles. The standard InChI is InChI=1S/C14H19N3O3/c1-15(2)14(18)11-7-9-16(10-8-11)12-3-5-13(6-4-12)17(19)20/h3-6,11H,7-10H2,1-2H3. The lowest BCUT2D eigenvalue weighted by molar-refractivity contribution is -0.384. The van der Waals surface area contributed by atoms with Crippen molar-refractivity contribution in [3.8, 4) is 0 Å². The molecule has 0 atom stereocenters. The van der Waals surface area contributed by atoms with Crippen LogP contribution in [0.2, 0.25) is 0 Å². The highest BCUT2D eigenvalue weighted by Gasteiger charge is 2.26. The zero-order valence-corrected chi connectivity index (χ0v) is 11.8. The molecule has 1 heterocycles. The molecule has 0 radical (unpaired) electrons. The number of benzene rings is 1. The first-order chi connectivity index (χ1) is 9.49. The number of nitrogens with zero attached hydrogens (tertiary/aromatic N) is 3. The van der Waals surface area contributed by atoms with E-state index in [1.807, 2.05) is 0 Å². The molecule has 6 nitrogen and oxygen atoms in total. The van der Waals surface area contributed by atoms with Crippen LogP contribution < -0.4 is 4.90 Å². The van der Waals surface area contributed by atoms with E-state index in [4.69, 9.17) is 0 Å². The topological polar surface area (TPSA) is 66.7 Å². The molecule has 1 aliphatic rings. The van der Waals surface area contributed by atoms with Gasteiger partial charge in [0.15, 0.2) is 0 Å². The number of hydrogen-bond donors (Lipinski definition) is 0. The molecule has 108 valence electrons. The van der Waals surface area contributed by atoms with Gasteiger partial charge in [0.05, 0.1) is 4.92 Å². The Morgan fingerprint density at radius 2 is 1.80 bits per heavy atom. The summed E-state index contributed by atoms with van der Waals surface area (Å²) in [5.74, 6) is 0.285. The molecule has 1 aromatic carbocycles. The second-order valence-corrected chi connectivity index (χ2v) is 5.27. The van der Waals surface area contributed by atoms with E-state index >= 15 is 0 Å². The maximum Gasteiger partial charge on any atom is 0.269 e. The summed E-state index contributed by atoms with van der Waals surface area (Å²) in [6, 6.07) is 6.58. The Morgan fingerprint density at radius 1 is 1.25 bits per heavy atom. The molecular weight excluding hydrogens is 258 g/mol. The van der Waals surface area contributed by atoms with Crippen LogP contribution in [0.4, 0.5) is 11.4 Å². The highest BCUT2D eigenvalue weighted by molar-refractivity contribution is 5.78. The molecule has 1 amide bonds. The Bertz CT molecular complexity index is 491. The van der Waals surface area contributed by atoms with Gasteiger partial charge < -0.3 is 9.80 Å². The molecule has 0 saturated carbocycles. The highest BCUT2D eigenvalue weighted by atomic mass is 16.6. The van der Waals surface area contributed by atoms with Crippen LogP contribution in [-0.4, -0.2) is 42.9 Å². The number of non-ortho nitro benzene ring substituents is 1. The molecule has 0 aromatic heterocycles. The van der Waals surface area contributed by atoms with Crippen molar-refractivity contribution < 1.29 is 9.72 Å². The molecule has 1 aliphatic heterocycles. The lowest BCUT2D eigenvalue weighted by atomic mass is 9.95. The van der Waals surface area contributed by atoms with E-state index in [0.717, 1.165) is 31.6 Å². The average Bonchev–Trinajstić information content (AvgIpc) is 2.46. The van der Waals surface area contributed by atoms with Gasteiger partial charge >= 0.3 is 0 Å². The number of anilines is 1. The van der Waals surface area contributed by atoms with Crippen LogP contribution in [0, 0.1) is 16.0 Å². The number of nitro groups is 1. The van der Waals surface area contributed by atoms with Crippen LogP contribution in [0.25, 0.3) is 0 Å². The Morgan fingerprint density at radius 3 is 2.25 bits per heavy atom. The lowest BCUT2D eigenvalue weighted by Crippen LogP contribution is -2.40. The molecule has 2 rings (SSSR count). The van der Waals surface area contributed by atoms with Crippen LogP contribution in [0.1, 0.15) is 12.8 Å². The fraction of sp³-hybridized carbons (Fsp3) is 0.500. The van der Waals surface area contributed by atoms with Gasteiger partial charge in [-0.3, -0.25) is 14.9 Å². The van der Waals surface area contributed by atoms with E-state index in [1.54, 1.807) is 31.1 Å².